The second kappa shape index (κ2) is 5.58. The monoisotopic (exact) mass is 301 g/mol. The Kier molecular flexibility index (Phi) is 4.39. The van der Waals surface area contributed by atoms with Gasteiger partial charge in [0.15, 0.2) is 0 Å². The zero-order valence-electron chi connectivity index (χ0n) is 8.83. The van der Waals surface area contributed by atoms with Gasteiger partial charge in [0.2, 0.25) is 5.91 Å². The zero-order valence-corrected chi connectivity index (χ0v) is 10.4. The summed E-state index contributed by atoms with van der Waals surface area (Å²) in [4.78, 5) is 21.6. The number of carboxylic acids is 1. The van der Waals surface area contributed by atoms with E-state index in [4.69, 9.17) is 5.11 Å². The summed E-state index contributed by atoms with van der Waals surface area (Å²) in [5, 5.41) is 10.9. The van der Waals surface area contributed by atoms with Gasteiger partial charge in [-0.15, -0.1) is 0 Å². The Balaban J connectivity index is 3.17. The summed E-state index contributed by atoms with van der Waals surface area (Å²) in [5.41, 5.74) is -0.306. The normalized spacial score (nSPS) is 11.1. The van der Waals surface area contributed by atoms with Crippen molar-refractivity contribution >= 4 is 33.9 Å². The molecule has 0 saturated carbocycles. The minimum Gasteiger partial charge on any atom is -0.477 e. The van der Waals surface area contributed by atoms with E-state index in [1.54, 1.807) is 6.07 Å². The van der Waals surface area contributed by atoms with Gasteiger partial charge in [-0.25, -0.2) is 9.18 Å². The first-order valence-electron chi connectivity index (χ1n) is 4.58. The molecule has 0 bridgehead atoms. The molecule has 1 amide bonds. The van der Waals surface area contributed by atoms with Crippen LogP contribution in [0.5, 0.6) is 0 Å². The number of amides is 1. The van der Waals surface area contributed by atoms with Crippen molar-refractivity contribution < 1.29 is 19.1 Å². The number of benzene rings is 1. The molecular formula is C11H9BrFNO3. The molecule has 90 valence electrons. The Hall–Kier alpha value is -1.69. The van der Waals surface area contributed by atoms with Gasteiger partial charge in [0.1, 0.15) is 11.5 Å². The van der Waals surface area contributed by atoms with Crippen molar-refractivity contribution in [2.75, 3.05) is 0 Å². The van der Waals surface area contributed by atoms with E-state index in [0.29, 0.717) is 0 Å². The second-order valence-electron chi connectivity index (χ2n) is 3.19. The maximum absolute atomic E-state index is 13.6. The van der Waals surface area contributed by atoms with Crippen molar-refractivity contribution in [3.8, 4) is 0 Å². The van der Waals surface area contributed by atoms with Crippen LogP contribution in [0.2, 0.25) is 0 Å². The number of carbonyl (C=O) groups excluding carboxylic acids is 1. The summed E-state index contributed by atoms with van der Waals surface area (Å²) in [6.45, 7) is 1.17. The third-order valence-electron chi connectivity index (χ3n) is 1.82. The number of hydrogen-bond acceptors (Lipinski definition) is 2. The summed E-state index contributed by atoms with van der Waals surface area (Å²) in [7, 11) is 0. The van der Waals surface area contributed by atoms with Crippen LogP contribution in [-0.2, 0) is 9.59 Å². The zero-order chi connectivity index (χ0) is 13.0. The van der Waals surface area contributed by atoms with Crippen molar-refractivity contribution in [3.05, 3.63) is 39.7 Å². The van der Waals surface area contributed by atoms with Crippen LogP contribution >= 0.6 is 15.9 Å². The largest absolute Gasteiger partial charge is 0.477 e. The molecule has 6 heteroatoms. The summed E-state index contributed by atoms with van der Waals surface area (Å²) in [6.07, 6.45) is 1.06. The third kappa shape index (κ3) is 3.67. The van der Waals surface area contributed by atoms with E-state index in [9.17, 15) is 14.0 Å². The highest BCUT2D eigenvalue weighted by Crippen LogP contribution is 2.20. The van der Waals surface area contributed by atoms with Gasteiger partial charge in [-0.3, -0.25) is 4.79 Å². The molecule has 2 N–H and O–H groups in total. The average Bonchev–Trinajstić information content (AvgIpc) is 2.22. The number of hydrogen-bond donors (Lipinski definition) is 2. The van der Waals surface area contributed by atoms with Gasteiger partial charge in [-0.2, -0.15) is 0 Å². The molecule has 0 unspecified atom stereocenters. The minimum absolute atomic E-state index is 0.0746. The first kappa shape index (κ1) is 13.4. The van der Waals surface area contributed by atoms with Gasteiger partial charge in [-0.05, 0) is 28.1 Å². The average molecular weight is 302 g/mol. The molecule has 0 spiro atoms. The molecule has 0 aliphatic rings. The SMILES string of the molecule is CC(=O)N/C(=C/c1cccc(Br)c1F)C(=O)O. The molecule has 0 radical (unpaired) electrons. The van der Waals surface area contributed by atoms with Crippen molar-refractivity contribution in [1.29, 1.82) is 0 Å². The summed E-state index contributed by atoms with van der Waals surface area (Å²) in [5.74, 6) is -2.45. The van der Waals surface area contributed by atoms with E-state index in [2.05, 4.69) is 21.2 Å². The Morgan fingerprint density at radius 2 is 2.12 bits per heavy atom. The van der Waals surface area contributed by atoms with Crippen LogP contribution in [0.4, 0.5) is 4.39 Å². The Morgan fingerprint density at radius 1 is 1.47 bits per heavy atom. The molecule has 1 aromatic carbocycles. The minimum atomic E-state index is -1.33. The topological polar surface area (TPSA) is 66.4 Å². The van der Waals surface area contributed by atoms with Crippen molar-refractivity contribution in [2.45, 2.75) is 6.92 Å². The maximum Gasteiger partial charge on any atom is 0.352 e. The van der Waals surface area contributed by atoms with Crippen LogP contribution < -0.4 is 5.32 Å². The summed E-state index contributed by atoms with van der Waals surface area (Å²) >= 11 is 2.98. The first-order chi connectivity index (χ1) is 7.91. The quantitative estimate of drug-likeness (QED) is 0.841. The molecule has 1 rings (SSSR count). The predicted octanol–water partition coefficient (Wildman–Crippen LogP) is 2.15. The molecule has 0 aromatic heterocycles. The van der Waals surface area contributed by atoms with Crippen LogP contribution in [0.3, 0.4) is 0 Å². The summed E-state index contributed by atoms with van der Waals surface area (Å²) < 4.78 is 13.8. The van der Waals surface area contributed by atoms with E-state index in [1.807, 2.05) is 0 Å². The number of aliphatic carboxylic acids is 1. The van der Waals surface area contributed by atoms with Gasteiger partial charge in [-0.1, -0.05) is 12.1 Å². The Labute approximate surface area is 105 Å². The van der Waals surface area contributed by atoms with Gasteiger partial charge in [0.25, 0.3) is 0 Å². The van der Waals surface area contributed by atoms with Crippen molar-refractivity contribution in [2.24, 2.45) is 0 Å². The maximum atomic E-state index is 13.6. The smallest absolute Gasteiger partial charge is 0.352 e. The van der Waals surface area contributed by atoms with Crippen LogP contribution in [-0.4, -0.2) is 17.0 Å². The molecule has 0 saturated heterocycles. The molecule has 0 aliphatic heterocycles. The highest BCUT2D eigenvalue weighted by molar-refractivity contribution is 9.10. The van der Waals surface area contributed by atoms with E-state index in [0.717, 1.165) is 6.08 Å². The molecule has 0 heterocycles. The number of carboxylic acid groups (broad SMARTS) is 1. The standard InChI is InChI=1S/C11H9BrFNO3/c1-6(15)14-9(11(16)17)5-7-3-2-4-8(12)10(7)13/h2-5H,1H3,(H,14,15)(H,16,17)/b9-5+. The number of carbonyl (C=O) groups is 2. The molecule has 0 atom stereocenters. The highest BCUT2D eigenvalue weighted by atomic mass is 79.9. The third-order valence-corrected chi connectivity index (χ3v) is 2.43. The van der Waals surface area contributed by atoms with Gasteiger partial charge >= 0.3 is 5.97 Å². The number of nitrogens with one attached hydrogen (secondary N) is 1. The van der Waals surface area contributed by atoms with E-state index in [1.165, 1.54) is 19.1 Å². The molecular weight excluding hydrogens is 293 g/mol. The van der Waals surface area contributed by atoms with Gasteiger partial charge in [0, 0.05) is 12.5 Å². The lowest BCUT2D eigenvalue weighted by Crippen LogP contribution is -2.24. The Morgan fingerprint density at radius 3 is 2.65 bits per heavy atom. The second-order valence-corrected chi connectivity index (χ2v) is 4.04. The van der Waals surface area contributed by atoms with Crippen LogP contribution in [0, 0.1) is 5.82 Å². The molecule has 1 aromatic rings. The van der Waals surface area contributed by atoms with Gasteiger partial charge < -0.3 is 10.4 Å². The van der Waals surface area contributed by atoms with Gasteiger partial charge in [0.05, 0.1) is 4.47 Å². The molecule has 4 nitrogen and oxygen atoms in total. The van der Waals surface area contributed by atoms with E-state index >= 15 is 0 Å². The predicted molar refractivity (Wildman–Crippen MR) is 63.5 cm³/mol. The lowest BCUT2D eigenvalue weighted by atomic mass is 10.2. The summed E-state index contributed by atoms with van der Waals surface area (Å²) in [6, 6.07) is 4.46. The fraction of sp³-hybridized carbons (Fsp3) is 0.0909. The fourth-order valence-electron chi connectivity index (χ4n) is 1.13. The van der Waals surface area contributed by atoms with Crippen LogP contribution in [0.25, 0.3) is 6.08 Å². The fourth-order valence-corrected chi connectivity index (χ4v) is 1.51. The van der Waals surface area contributed by atoms with Crippen molar-refractivity contribution in [1.82, 2.24) is 5.32 Å². The highest BCUT2D eigenvalue weighted by Gasteiger charge is 2.11. The van der Waals surface area contributed by atoms with Crippen LogP contribution in [0.1, 0.15) is 12.5 Å². The molecule has 17 heavy (non-hydrogen) atoms. The van der Waals surface area contributed by atoms with Crippen molar-refractivity contribution in [3.63, 3.8) is 0 Å². The van der Waals surface area contributed by atoms with E-state index in [-0.39, 0.29) is 15.7 Å². The first-order valence-corrected chi connectivity index (χ1v) is 5.37. The lowest BCUT2D eigenvalue weighted by Gasteiger charge is -2.04. The van der Waals surface area contributed by atoms with E-state index < -0.39 is 17.7 Å². The van der Waals surface area contributed by atoms with Crippen LogP contribution in [0.15, 0.2) is 28.4 Å². The Bertz CT molecular complexity index is 499. The lowest BCUT2D eigenvalue weighted by molar-refractivity contribution is -0.134. The number of rotatable bonds is 3. The molecule has 0 aliphatic carbocycles. The molecule has 0 fully saturated rings. The number of halogens is 2.